The molecule has 2 amide bonds. The molecule has 1 aliphatic rings. The first-order valence-corrected chi connectivity index (χ1v) is 13.9. The molecular formula is C30H36BrN3O3. The second-order valence-corrected chi connectivity index (χ2v) is 10.6. The summed E-state index contributed by atoms with van der Waals surface area (Å²) in [5.74, 6) is -0.156. The van der Waals surface area contributed by atoms with Gasteiger partial charge in [-0.3, -0.25) is 9.59 Å². The van der Waals surface area contributed by atoms with Crippen LogP contribution in [0.4, 0.5) is 0 Å². The number of ether oxygens (including phenoxy) is 1. The fraction of sp³-hybridized carbons (Fsp3) is 0.400. The van der Waals surface area contributed by atoms with E-state index in [9.17, 15) is 9.59 Å². The summed E-state index contributed by atoms with van der Waals surface area (Å²) in [6.45, 7) is 2.07. The minimum absolute atomic E-state index is 0.0105. The van der Waals surface area contributed by atoms with Crippen molar-refractivity contribution in [2.24, 2.45) is 0 Å². The highest BCUT2D eigenvalue weighted by atomic mass is 79.9. The van der Waals surface area contributed by atoms with Crippen LogP contribution in [0.1, 0.15) is 53.7 Å². The predicted molar refractivity (Wildman–Crippen MR) is 149 cm³/mol. The monoisotopic (exact) mass is 565 g/mol. The van der Waals surface area contributed by atoms with E-state index in [1.54, 1.807) is 24.1 Å². The van der Waals surface area contributed by atoms with Gasteiger partial charge in [0.1, 0.15) is 6.54 Å². The molecule has 2 aromatic carbocycles. The summed E-state index contributed by atoms with van der Waals surface area (Å²) in [6, 6.07) is 21.8. The van der Waals surface area contributed by atoms with Gasteiger partial charge in [-0.05, 0) is 54.8 Å². The molecule has 1 heterocycles. The number of nitrogens with zero attached hydrogens (tertiary/aromatic N) is 3. The highest BCUT2D eigenvalue weighted by molar-refractivity contribution is 9.10. The van der Waals surface area contributed by atoms with E-state index in [4.69, 9.17) is 4.74 Å². The van der Waals surface area contributed by atoms with Crippen LogP contribution >= 0.6 is 15.9 Å². The Morgan fingerprint density at radius 2 is 1.70 bits per heavy atom. The number of hydrogen-bond acceptors (Lipinski definition) is 3. The lowest BCUT2D eigenvalue weighted by molar-refractivity contribution is -0.135. The smallest absolute Gasteiger partial charge is 0.254 e. The van der Waals surface area contributed by atoms with Crippen molar-refractivity contribution in [2.45, 2.75) is 51.2 Å². The molecule has 1 saturated carbocycles. The van der Waals surface area contributed by atoms with Gasteiger partial charge < -0.3 is 19.1 Å². The Hall–Kier alpha value is -2.90. The lowest BCUT2D eigenvalue weighted by Gasteiger charge is -2.36. The fourth-order valence-corrected chi connectivity index (χ4v) is 5.26. The van der Waals surface area contributed by atoms with E-state index in [0.29, 0.717) is 25.3 Å². The highest BCUT2D eigenvalue weighted by Gasteiger charge is 2.29. The molecule has 0 bridgehead atoms. The quantitative estimate of drug-likeness (QED) is 0.297. The standard InChI is InChI=1S/C30H36BrN3O3/c1-37-20-19-33(30(36)25-9-4-2-5-10-25)23-29(35)34(27-11-6-3-7-12-27)22-28-13-8-18-32(28)21-24-14-16-26(31)17-15-24/h2,4-5,8-10,13-18,27H,3,6-7,11-12,19-23H2,1H3. The summed E-state index contributed by atoms with van der Waals surface area (Å²) < 4.78 is 8.53. The fourth-order valence-electron chi connectivity index (χ4n) is 4.99. The summed E-state index contributed by atoms with van der Waals surface area (Å²) >= 11 is 3.50. The van der Waals surface area contributed by atoms with Gasteiger partial charge in [0.15, 0.2) is 0 Å². The Kier molecular flexibility index (Phi) is 9.97. The molecule has 0 saturated heterocycles. The van der Waals surface area contributed by atoms with Crippen LogP contribution in [0.2, 0.25) is 0 Å². The molecule has 37 heavy (non-hydrogen) atoms. The van der Waals surface area contributed by atoms with Crippen molar-refractivity contribution in [3.63, 3.8) is 0 Å². The number of aromatic nitrogens is 1. The van der Waals surface area contributed by atoms with Crippen LogP contribution in [0.25, 0.3) is 0 Å². The van der Waals surface area contributed by atoms with Crippen LogP contribution in [-0.4, -0.2) is 59.0 Å². The molecule has 1 aliphatic carbocycles. The number of benzene rings is 2. The third-order valence-electron chi connectivity index (χ3n) is 7.06. The number of carbonyl (C=O) groups is 2. The van der Waals surface area contributed by atoms with Crippen molar-refractivity contribution in [1.29, 1.82) is 0 Å². The van der Waals surface area contributed by atoms with Crippen molar-refractivity contribution in [3.8, 4) is 0 Å². The Morgan fingerprint density at radius 3 is 2.41 bits per heavy atom. The second-order valence-electron chi connectivity index (χ2n) is 9.65. The molecule has 0 unspecified atom stereocenters. The molecule has 4 rings (SSSR count). The van der Waals surface area contributed by atoms with Gasteiger partial charge in [0.05, 0.1) is 13.2 Å². The van der Waals surface area contributed by atoms with E-state index in [0.717, 1.165) is 42.4 Å². The summed E-state index contributed by atoms with van der Waals surface area (Å²) in [7, 11) is 1.61. The molecule has 0 N–H and O–H groups in total. The first-order chi connectivity index (χ1) is 18.0. The zero-order valence-corrected chi connectivity index (χ0v) is 23.1. The van der Waals surface area contributed by atoms with Crippen molar-refractivity contribution < 1.29 is 14.3 Å². The van der Waals surface area contributed by atoms with Crippen LogP contribution in [0, 0.1) is 0 Å². The summed E-state index contributed by atoms with van der Waals surface area (Å²) in [5.41, 5.74) is 2.88. The SMILES string of the molecule is COCCN(CC(=O)N(Cc1cccn1Cc1ccc(Br)cc1)C1CCCCC1)C(=O)c1ccccc1. The largest absolute Gasteiger partial charge is 0.383 e. The van der Waals surface area contributed by atoms with Crippen LogP contribution in [0.15, 0.2) is 77.4 Å². The number of hydrogen-bond donors (Lipinski definition) is 0. The van der Waals surface area contributed by atoms with Crippen LogP contribution in [0.3, 0.4) is 0 Å². The molecule has 0 aliphatic heterocycles. The maximum Gasteiger partial charge on any atom is 0.254 e. The third kappa shape index (κ3) is 7.55. The predicted octanol–water partition coefficient (Wildman–Crippen LogP) is 5.75. The maximum absolute atomic E-state index is 13.9. The van der Waals surface area contributed by atoms with Gasteiger partial charge in [0, 0.05) is 48.2 Å². The van der Waals surface area contributed by atoms with Gasteiger partial charge in [-0.15, -0.1) is 0 Å². The summed E-state index contributed by atoms with van der Waals surface area (Å²) in [4.78, 5) is 30.8. The average Bonchev–Trinajstić information content (AvgIpc) is 3.37. The van der Waals surface area contributed by atoms with Crippen LogP contribution < -0.4 is 0 Å². The minimum atomic E-state index is -0.145. The normalized spacial score (nSPS) is 13.9. The molecule has 1 aromatic heterocycles. The summed E-state index contributed by atoms with van der Waals surface area (Å²) in [6.07, 6.45) is 7.55. The Bertz CT molecular complexity index is 1140. The van der Waals surface area contributed by atoms with E-state index in [1.807, 2.05) is 29.2 Å². The Balaban J connectivity index is 1.53. The van der Waals surface area contributed by atoms with Crippen LogP contribution in [-0.2, 0) is 22.6 Å². The van der Waals surface area contributed by atoms with Gasteiger partial charge in [0.25, 0.3) is 5.91 Å². The number of rotatable bonds is 11. The number of carbonyl (C=O) groups excluding carboxylic acids is 2. The number of methoxy groups -OCH3 is 1. The molecule has 0 spiro atoms. The Morgan fingerprint density at radius 1 is 0.973 bits per heavy atom. The van der Waals surface area contributed by atoms with Crippen LogP contribution in [0.5, 0.6) is 0 Å². The van der Waals surface area contributed by atoms with Crippen molar-refractivity contribution in [3.05, 3.63) is 94.2 Å². The van der Waals surface area contributed by atoms with Gasteiger partial charge in [0.2, 0.25) is 5.91 Å². The van der Waals surface area contributed by atoms with Crippen molar-refractivity contribution in [2.75, 3.05) is 26.8 Å². The van der Waals surface area contributed by atoms with E-state index in [1.165, 1.54) is 12.0 Å². The van der Waals surface area contributed by atoms with E-state index >= 15 is 0 Å². The molecule has 1 fully saturated rings. The van der Waals surface area contributed by atoms with E-state index < -0.39 is 0 Å². The van der Waals surface area contributed by atoms with Crippen molar-refractivity contribution in [1.82, 2.24) is 14.4 Å². The van der Waals surface area contributed by atoms with Crippen molar-refractivity contribution >= 4 is 27.7 Å². The van der Waals surface area contributed by atoms with E-state index in [2.05, 4.69) is 57.0 Å². The zero-order valence-electron chi connectivity index (χ0n) is 21.5. The molecule has 0 radical (unpaired) electrons. The van der Waals surface area contributed by atoms with Gasteiger partial charge in [-0.2, -0.15) is 0 Å². The molecular weight excluding hydrogens is 530 g/mol. The Labute approximate surface area is 228 Å². The highest BCUT2D eigenvalue weighted by Crippen LogP contribution is 2.25. The lowest BCUT2D eigenvalue weighted by atomic mass is 9.94. The topological polar surface area (TPSA) is 54.8 Å². The lowest BCUT2D eigenvalue weighted by Crippen LogP contribution is -2.48. The molecule has 7 heteroatoms. The number of amides is 2. The number of halogens is 1. The average molecular weight is 567 g/mol. The third-order valence-corrected chi connectivity index (χ3v) is 7.59. The molecule has 3 aromatic rings. The molecule has 0 atom stereocenters. The molecule has 6 nitrogen and oxygen atoms in total. The summed E-state index contributed by atoms with van der Waals surface area (Å²) in [5, 5.41) is 0. The first-order valence-electron chi connectivity index (χ1n) is 13.1. The van der Waals surface area contributed by atoms with Gasteiger partial charge in [-0.1, -0.05) is 65.5 Å². The zero-order chi connectivity index (χ0) is 26.0. The van der Waals surface area contributed by atoms with E-state index in [-0.39, 0.29) is 24.4 Å². The minimum Gasteiger partial charge on any atom is -0.383 e. The molecule has 196 valence electrons. The second kappa shape index (κ2) is 13.6. The first kappa shape index (κ1) is 27.1. The van der Waals surface area contributed by atoms with Gasteiger partial charge in [-0.25, -0.2) is 0 Å². The van der Waals surface area contributed by atoms with Gasteiger partial charge >= 0.3 is 0 Å². The maximum atomic E-state index is 13.9.